The predicted octanol–water partition coefficient (Wildman–Crippen LogP) is 5.11. The summed E-state index contributed by atoms with van der Waals surface area (Å²) in [6.45, 7) is 1.59. The first-order valence-electron chi connectivity index (χ1n) is 9.08. The van der Waals surface area contributed by atoms with E-state index in [0.29, 0.717) is 23.1 Å². The van der Waals surface area contributed by atoms with E-state index in [9.17, 15) is 13.2 Å². The number of benzene rings is 1. The number of nitrogens with one attached hydrogen (secondary N) is 3. The van der Waals surface area contributed by atoms with Crippen molar-refractivity contribution >= 4 is 27.5 Å². The highest BCUT2D eigenvalue weighted by atomic mass is 19.4. The van der Waals surface area contributed by atoms with Gasteiger partial charge >= 0.3 is 6.18 Å². The van der Waals surface area contributed by atoms with Gasteiger partial charge in [0, 0.05) is 52.0 Å². The first-order valence-corrected chi connectivity index (χ1v) is 9.08. The third-order valence-electron chi connectivity index (χ3n) is 5.20. The van der Waals surface area contributed by atoms with Gasteiger partial charge in [-0.2, -0.15) is 13.2 Å². The summed E-state index contributed by atoms with van der Waals surface area (Å²) in [6, 6.07) is 9.15. The van der Waals surface area contributed by atoms with Gasteiger partial charge in [-0.15, -0.1) is 0 Å². The highest BCUT2D eigenvalue weighted by Crippen LogP contribution is 2.43. The van der Waals surface area contributed by atoms with Gasteiger partial charge in [0.05, 0.1) is 5.56 Å². The Morgan fingerprint density at radius 2 is 1.93 bits per heavy atom. The van der Waals surface area contributed by atoms with Gasteiger partial charge in [0.2, 0.25) is 0 Å². The first kappa shape index (κ1) is 17.1. The maximum absolute atomic E-state index is 13.8. The monoisotopic (exact) mass is 382 g/mol. The van der Waals surface area contributed by atoms with E-state index < -0.39 is 11.7 Å². The van der Waals surface area contributed by atoms with E-state index >= 15 is 0 Å². The molecule has 1 aromatic carbocycles. The number of H-pyrrole nitrogens is 2. The number of halogens is 3. The molecule has 0 bridgehead atoms. The van der Waals surface area contributed by atoms with Crippen molar-refractivity contribution in [1.82, 2.24) is 20.3 Å². The van der Waals surface area contributed by atoms with Crippen LogP contribution in [-0.2, 0) is 6.18 Å². The molecule has 0 amide bonds. The lowest BCUT2D eigenvalue weighted by atomic mass is 9.97. The Labute approximate surface area is 158 Å². The average molecular weight is 382 g/mol. The molecule has 7 heteroatoms. The quantitative estimate of drug-likeness (QED) is 0.451. The minimum Gasteiger partial charge on any atom is -0.361 e. The molecule has 4 nitrogen and oxygen atoms in total. The van der Waals surface area contributed by atoms with E-state index in [1.807, 2.05) is 24.3 Å². The molecule has 28 heavy (non-hydrogen) atoms. The predicted molar refractivity (Wildman–Crippen MR) is 104 cm³/mol. The fourth-order valence-electron chi connectivity index (χ4n) is 3.88. The summed E-state index contributed by atoms with van der Waals surface area (Å²) in [4.78, 5) is 10.4. The Balaban J connectivity index is 1.81. The zero-order valence-corrected chi connectivity index (χ0v) is 14.8. The molecule has 0 atom stereocenters. The maximum atomic E-state index is 13.8. The molecule has 4 aromatic rings. The summed E-state index contributed by atoms with van der Waals surface area (Å²) in [5, 5.41) is 4.51. The summed E-state index contributed by atoms with van der Waals surface area (Å²) in [5.41, 5.74) is 3.04. The molecule has 3 N–H and O–H groups in total. The number of pyridine rings is 1. The SMILES string of the molecule is FC(F)(F)c1cnc2[nH]c(C3=CCCNC3)cc2c1-c1c[nH]c2ccccc12. The number of nitrogens with zero attached hydrogens (tertiary/aromatic N) is 1. The third kappa shape index (κ3) is 2.70. The number of rotatable bonds is 2. The number of alkyl halides is 3. The molecule has 0 radical (unpaired) electrons. The Morgan fingerprint density at radius 1 is 1.07 bits per heavy atom. The number of aromatic amines is 2. The van der Waals surface area contributed by atoms with Crippen molar-refractivity contribution < 1.29 is 13.2 Å². The molecule has 0 unspecified atom stereocenters. The van der Waals surface area contributed by atoms with Crippen LogP contribution in [-0.4, -0.2) is 28.0 Å². The van der Waals surface area contributed by atoms with Crippen LogP contribution in [0.15, 0.2) is 48.8 Å². The molecule has 4 heterocycles. The first-order chi connectivity index (χ1) is 13.5. The van der Waals surface area contributed by atoms with E-state index in [2.05, 4.69) is 26.3 Å². The second kappa shape index (κ2) is 6.24. The molecule has 1 aliphatic heterocycles. The van der Waals surface area contributed by atoms with Crippen LogP contribution in [0.2, 0.25) is 0 Å². The van der Waals surface area contributed by atoms with Crippen molar-refractivity contribution in [3.63, 3.8) is 0 Å². The van der Waals surface area contributed by atoms with Gasteiger partial charge in [0.25, 0.3) is 0 Å². The van der Waals surface area contributed by atoms with Crippen LogP contribution in [0, 0.1) is 0 Å². The number of hydrogen-bond donors (Lipinski definition) is 3. The lowest BCUT2D eigenvalue weighted by Crippen LogP contribution is -2.21. The number of aromatic nitrogens is 3. The summed E-state index contributed by atoms with van der Waals surface area (Å²) in [5.74, 6) is 0. The molecule has 142 valence electrons. The molecule has 0 saturated heterocycles. The third-order valence-corrected chi connectivity index (χ3v) is 5.20. The van der Waals surface area contributed by atoms with E-state index in [1.165, 1.54) is 0 Å². The Morgan fingerprint density at radius 3 is 2.71 bits per heavy atom. The van der Waals surface area contributed by atoms with Crippen LogP contribution >= 0.6 is 0 Å². The Hall–Kier alpha value is -3.06. The highest BCUT2D eigenvalue weighted by molar-refractivity contribution is 6.05. The van der Waals surface area contributed by atoms with Gasteiger partial charge in [0.1, 0.15) is 5.65 Å². The molecule has 3 aromatic heterocycles. The minimum atomic E-state index is -4.50. The molecular formula is C21H17F3N4. The zero-order valence-electron chi connectivity index (χ0n) is 14.8. The molecule has 0 saturated carbocycles. The Kier molecular flexibility index (Phi) is 3.80. The van der Waals surface area contributed by atoms with Crippen molar-refractivity contribution in [2.24, 2.45) is 0 Å². The van der Waals surface area contributed by atoms with Gasteiger partial charge in [-0.3, -0.25) is 0 Å². The molecular weight excluding hydrogens is 365 g/mol. The largest absolute Gasteiger partial charge is 0.418 e. The second-order valence-corrected chi connectivity index (χ2v) is 6.93. The van der Waals surface area contributed by atoms with Crippen LogP contribution in [0.25, 0.3) is 38.6 Å². The molecule has 0 aliphatic carbocycles. The van der Waals surface area contributed by atoms with Crippen LogP contribution in [0.5, 0.6) is 0 Å². The summed E-state index contributed by atoms with van der Waals surface area (Å²) < 4.78 is 41.5. The van der Waals surface area contributed by atoms with Gasteiger partial charge < -0.3 is 15.3 Å². The normalized spacial score (nSPS) is 15.3. The smallest absolute Gasteiger partial charge is 0.361 e. The highest BCUT2D eigenvalue weighted by Gasteiger charge is 2.36. The summed E-state index contributed by atoms with van der Waals surface area (Å²) in [7, 11) is 0. The standard InChI is InChI=1S/C21H17F3N4/c22-21(23,24)16-11-27-20-14(8-18(28-20)12-4-3-7-25-9-12)19(16)15-10-26-17-6-2-1-5-13(15)17/h1-2,4-6,8,10-11,25-26H,3,7,9H2,(H,27,28). The molecule has 0 spiro atoms. The van der Waals surface area contributed by atoms with E-state index in [1.54, 1.807) is 12.3 Å². The molecule has 5 rings (SSSR count). The van der Waals surface area contributed by atoms with Crippen molar-refractivity contribution in [3.05, 3.63) is 60.1 Å². The van der Waals surface area contributed by atoms with Crippen LogP contribution in [0.4, 0.5) is 13.2 Å². The topological polar surface area (TPSA) is 56.5 Å². The maximum Gasteiger partial charge on any atom is 0.418 e. The average Bonchev–Trinajstić information content (AvgIpc) is 3.31. The number of para-hydroxylation sites is 1. The fourth-order valence-corrected chi connectivity index (χ4v) is 3.88. The van der Waals surface area contributed by atoms with E-state index in [-0.39, 0.29) is 5.56 Å². The second-order valence-electron chi connectivity index (χ2n) is 6.93. The minimum absolute atomic E-state index is 0.154. The van der Waals surface area contributed by atoms with Gasteiger partial charge in [0.15, 0.2) is 0 Å². The van der Waals surface area contributed by atoms with Gasteiger partial charge in [-0.1, -0.05) is 24.3 Å². The zero-order chi connectivity index (χ0) is 19.3. The fraction of sp³-hybridized carbons (Fsp3) is 0.190. The molecule has 0 fully saturated rings. The van der Waals surface area contributed by atoms with Crippen LogP contribution in [0.1, 0.15) is 17.7 Å². The summed E-state index contributed by atoms with van der Waals surface area (Å²) in [6.07, 6.45) is 1.06. The summed E-state index contributed by atoms with van der Waals surface area (Å²) >= 11 is 0. The van der Waals surface area contributed by atoms with Crippen LogP contribution < -0.4 is 5.32 Å². The lowest BCUT2D eigenvalue weighted by Gasteiger charge is -2.13. The van der Waals surface area contributed by atoms with E-state index in [4.69, 9.17) is 0 Å². The van der Waals surface area contributed by atoms with Crippen molar-refractivity contribution in [3.8, 4) is 11.1 Å². The number of fused-ring (bicyclic) bond motifs is 2. The van der Waals surface area contributed by atoms with E-state index in [0.717, 1.165) is 41.3 Å². The van der Waals surface area contributed by atoms with Crippen molar-refractivity contribution in [2.75, 3.05) is 13.1 Å². The van der Waals surface area contributed by atoms with Crippen molar-refractivity contribution in [2.45, 2.75) is 12.6 Å². The van der Waals surface area contributed by atoms with Crippen LogP contribution in [0.3, 0.4) is 0 Å². The van der Waals surface area contributed by atoms with Crippen molar-refractivity contribution in [1.29, 1.82) is 0 Å². The Bertz CT molecular complexity index is 1210. The molecule has 1 aliphatic rings. The van der Waals surface area contributed by atoms with Gasteiger partial charge in [-0.25, -0.2) is 4.98 Å². The van der Waals surface area contributed by atoms with Gasteiger partial charge in [-0.05, 0) is 30.7 Å². The number of hydrogen-bond acceptors (Lipinski definition) is 2. The lowest BCUT2D eigenvalue weighted by molar-refractivity contribution is -0.137.